The third-order valence-electron chi connectivity index (χ3n) is 6.64. The first-order valence-electron chi connectivity index (χ1n) is 15.3. The molecule has 0 saturated carbocycles. The van der Waals surface area contributed by atoms with Crippen LogP contribution in [0.3, 0.4) is 0 Å². The zero-order chi connectivity index (χ0) is 33.4. The first-order chi connectivity index (χ1) is 20.3. The van der Waals surface area contributed by atoms with Gasteiger partial charge in [-0.3, -0.25) is 9.59 Å². The van der Waals surface area contributed by atoms with Crippen molar-refractivity contribution in [3.8, 4) is 0 Å². The van der Waals surface area contributed by atoms with Gasteiger partial charge in [0.2, 0.25) is 11.8 Å². The van der Waals surface area contributed by atoms with Gasteiger partial charge in [-0.25, -0.2) is 9.59 Å². The highest BCUT2D eigenvalue weighted by atomic mass is 16.6. The van der Waals surface area contributed by atoms with Gasteiger partial charge in [-0.15, -0.1) is 0 Å². The standard InChI is InChI=1S/C35H51N3O6/c1-12-38(31(40)28(22(2)3)37-33(42)44-35(9,10)11)29(26-19-23(4)18-24(5)20-26)30(39)36-27(32(41)43-34(6,7)8)21-25-16-14-13-15-17-25/h13-20,22,27-29H,12,21H2,1-11H3,(H,36,39)(H,37,42). The molecule has 0 fully saturated rings. The average molecular weight is 610 g/mol. The van der Waals surface area contributed by atoms with E-state index in [1.54, 1.807) is 48.5 Å². The predicted octanol–water partition coefficient (Wildman–Crippen LogP) is 5.81. The highest BCUT2D eigenvalue weighted by molar-refractivity contribution is 5.94. The lowest BCUT2D eigenvalue weighted by Gasteiger charge is -2.36. The molecule has 3 amide bonds. The van der Waals surface area contributed by atoms with Gasteiger partial charge in [-0.1, -0.05) is 73.5 Å². The fourth-order valence-corrected chi connectivity index (χ4v) is 4.90. The number of hydrogen-bond acceptors (Lipinski definition) is 6. The van der Waals surface area contributed by atoms with E-state index < -0.39 is 53.2 Å². The quantitative estimate of drug-likeness (QED) is 0.311. The Morgan fingerprint density at radius 2 is 1.36 bits per heavy atom. The first-order valence-corrected chi connectivity index (χ1v) is 15.3. The fourth-order valence-electron chi connectivity index (χ4n) is 4.90. The molecule has 242 valence electrons. The summed E-state index contributed by atoms with van der Waals surface area (Å²) in [6, 6.07) is 12.0. The number of rotatable bonds is 11. The number of nitrogens with zero attached hydrogens (tertiary/aromatic N) is 1. The van der Waals surface area contributed by atoms with E-state index >= 15 is 0 Å². The zero-order valence-corrected chi connectivity index (χ0v) is 28.2. The van der Waals surface area contributed by atoms with Crippen LogP contribution in [0.5, 0.6) is 0 Å². The van der Waals surface area contributed by atoms with Gasteiger partial charge in [-0.05, 0) is 79.4 Å². The molecular weight excluding hydrogens is 558 g/mol. The molecule has 0 spiro atoms. The van der Waals surface area contributed by atoms with Crippen molar-refractivity contribution in [1.82, 2.24) is 15.5 Å². The highest BCUT2D eigenvalue weighted by Crippen LogP contribution is 2.26. The number of carbonyl (C=O) groups is 4. The van der Waals surface area contributed by atoms with Crippen molar-refractivity contribution in [2.75, 3.05) is 6.54 Å². The van der Waals surface area contributed by atoms with Crippen LogP contribution < -0.4 is 10.6 Å². The van der Waals surface area contributed by atoms with E-state index in [1.807, 2.05) is 76.2 Å². The minimum absolute atomic E-state index is 0.166. The summed E-state index contributed by atoms with van der Waals surface area (Å²) >= 11 is 0. The molecule has 0 aromatic heterocycles. The summed E-state index contributed by atoms with van der Waals surface area (Å²) in [5.74, 6) is -1.85. The molecular formula is C35H51N3O6. The van der Waals surface area contributed by atoms with Crippen molar-refractivity contribution in [2.24, 2.45) is 5.92 Å². The first kappa shape index (κ1) is 36.3. The Labute approximate surface area is 263 Å². The molecule has 0 bridgehead atoms. The number of amides is 3. The molecule has 0 saturated heterocycles. The topological polar surface area (TPSA) is 114 Å². The van der Waals surface area contributed by atoms with Crippen molar-refractivity contribution >= 4 is 23.9 Å². The smallest absolute Gasteiger partial charge is 0.408 e. The number of hydrogen-bond donors (Lipinski definition) is 2. The third-order valence-corrected chi connectivity index (χ3v) is 6.64. The number of nitrogens with one attached hydrogen (secondary N) is 2. The molecule has 2 rings (SSSR count). The lowest BCUT2D eigenvalue weighted by Crippen LogP contribution is -2.56. The molecule has 2 aromatic carbocycles. The highest BCUT2D eigenvalue weighted by Gasteiger charge is 2.38. The Hall–Kier alpha value is -3.88. The van der Waals surface area contributed by atoms with Crippen LogP contribution in [0.4, 0.5) is 4.79 Å². The predicted molar refractivity (Wildman–Crippen MR) is 172 cm³/mol. The van der Waals surface area contributed by atoms with Gasteiger partial charge in [-0.2, -0.15) is 0 Å². The van der Waals surface area contributed by atoms with Crippen LogP contribution in [-0.2, 0) is 30.3 Å². The third kappa shape index (κ3) is 11.3. The van der Waals surface area contributed by atoms with Gasteiger partial charge in [0.1, 0.15) is 29.3 Å². The Morgan fingerprint density at radius 1 is 0.818 bits per heavy atom. The monoisotopic (exact) mass is 609 g/mol. The molecule has 44 heavy (non-hydrogen) atoms. The number of esters is 1. The second kappa shape index (κ2) is 15.2. The van der Waals surface area contributed by atoms with Crippen molar-refractivity contribution in [3.05, 3.63) is 70.8 Å². The van der Waals surface area contributed by atoms with Gasteiger partial charge in [0.25, 0.3) is 0 Å². The summed E-state index contributed by atoms with van der Waals surface area (Å²) in [6.07, 6.45) is -0.517. The van der Waals surface area contributed by atoms with Crippen molar-refractivity contribution in [3.63, 3.8) is 0 Å². The molecule has 9 heteroatoms. The van der Waals surface area contributed by atoms with Gasteiger partial charge in [0, 0.05) is 13.0 Å². The molecule has 0 aliphatic carbocycles. The number of likely N-dealkylation sites (N-methyl/N-ethyl adjacent to an activating group) is 1. The van der Waals surface area contributed by atoms with Gasteiger partial charge >= 0.3 is 12.1 Å². The summed E-state index contributed by atoms with van der Waals surface area (Å²) in [7, 11) is 0. The van der Waals surface area contributed by atoms with E-state index in [-0.39, 0.29) is 18.9 Å². The summed E-state index contributed by atoms with van der Waals surface area (Å²) in [6.45, 7) is 20.0. The van der Waals surface area contributed by atoms with Crippen molar-refractivity contribution in [1.29, 1.82) is 0 Å². The van der Waals surface area contributed by atoms with E-state index in [2.05, 4.69) is 10.6 Å². The lowest BCUT2D eigenvalue weighted by molar-refractivity contribution is -0.159. The van der Waals surface area contributed by atoms with Crippen LogP contribution in [0.1, 0.15) is 90.6 Å². The van der Waals surface area contributed by atoms with Crippen LogP contribution in [-0.4, -0.2) is 58.6 Å². The molecule has 0 heterocycles. The Kier molecular flexibility index (Phi) is 12.6. The fraction of sp³-hybridized carbons (Fsp3) is 0.543. The van der Waals surface area contributed by atoms with E-state index in [4.69, 9.17) is 9.47 Å². The van der Waals surface area contributed by atoms with Gasteiger partial charge < -0.3 is 25.0 Å². The lowest BCUT2D eigenvalue weighted by atomic mass is 9.96. The number of aryl methyl sites for hydroxylation is 2. The number of alkyl carbamates (subject to hydrolysis) is 1. The maximum Gasteiger partial charge on any atom is 0.408 e. The number of benzene rings is 2. The Morgan fingerprint density at radius 3 is 1.84 bits per heavy atom. The Bertz CT molecular complexity index is 1270. The van der Waals surface area contributed by atoms with Crippen LogP contribution in [0.2, 0.25) is 0 Å². The maximum absolute atomic E-state index is 14.3. The largest absolute Gasteiger partial charge is 0.458 e. The van der Waals surface area contributed by atoms with Crippen LogP contribution in [0.25, 0.3) is 0 Å². The van der Waals surface area contributed by atoms with Gasteiger partial charge in [0.15, 0.2) is 0 Å². The molecule has 2 aromatic rings. The zero-order valence-electron chi connectivity index (χ0n) is 28.2. The summed E-state index contributed by atoms with van der Waals surface area (Å²) in [4.78, 5) is 56.1. The summed E-state index contributed by atoms with van der Waals surface area (Å²) in [5.41, 5.74) is 1.75. The van der Waals surface area contributed by atoms with E-state index in [0.29, 0.717) is 5.56 Å². The SMILES string of the molecule is CCN(C(=O)C(NC(=O)OC(C)(C)C)C(C)C)C(C(=O)NC(Cc1ccccc1)C(=O)OC(C)(C)C)c1cc(C)cc(C)c1. The molecule has 0 aliphatic heterocycles. The second-order valence-corrected chi connectivity index (χ2v) is 13.6. The van der Waals surface area contributed by atoms with Crippen molar-refractivity contribution < 1.29 is 28.7 Å². The second-order valence-electron chi connectivity index (χ2n) is 13.6. The molecule has 3 atom stereocenters. The minimum atomic E-state index is -1.09. The Balaban J connectivity index is 2.57. The molecule has 2 N–H and O–H groups in total. The molecule has 3 unspecified atom stereocenters. The van der Waals surface area contributed by atoms with Gasteiger partial charge in [0.05, 0.1) is 0 Å². The normalized spacial score (nSPS) is 13.8. The average Bonchev–Trinajstić information content (AvgIpc) is 2.87. The minimum Gasteiger partial charge on any atom is -0.458 e. The van der Waals surface area contributed by atoms with Crippen LogP contribution >= 0.6 is 0 Å². The van der Waals surface area contributed by atoms with E-state index in [0.717, 1.165) is 16.7 Å². The molecule has 0 radical (unpaired) electrons. The van der Waals surface area contributed by atoms with E-state index in [1.165, 1.54) is 4.90 Å². The number of carbonyl (C=O) groups excluding carboxylic acids is 4. The van der Waals surface area contributed by atoms with Crippen LogP contribution in [0.15, 0.2) is 48.5 Å². The summed E-state index contributed by atoms with van der Waals surface area (Å²) in [5, 5.41) is 5.63. The molecule has 9 nitrogen and oxygen atoms in total. The summed E-state index contributed by atoms with van der Waals surface area (Å²) < 4.78 is 11.1. The number of ether oxygens (including phenoxy) is 2. The van der Waals surface area contributed by atoms with Crippen molar-refractivity contribution in [2.45, 2.75) is 112 Å². The molecule has 0 aliphatic rings. The van der Waals surface area contributed by atoms with E-state index in [9.17, 15) is 19.2 Å². The maximum atomic E-state index is 14.3. The van der Waals surface area contributed by atoms with Crippen LogP contribution in [0, 0.1) is 19.8 Å².